The van der Waals surface area contributed by atoms with Crippen LogP contribution in [-0.2, 0) is 9.47 Å². The highest BCUT2D eigenvalue weighted by atomic mass is 16.5. The Balaban J connectivity index is 1.67. The third-order valence-corrected chi connectivity index (χ3v) is 3.71. The van der Waals surface area contributed by atoms with Gasteiger partial charge in [0.05, 0.1) is 17.8 Å². The van der Waals surface area contributed by atoms with Crippen LogP contribution in [0.1, 0.15) is 13.3 Å². The van der Waals surface area contributed by atoms with Gasteiger partial charge in [-0.3, -0.25) is 0 Å². The van der Waals surface area contributed by atoms with Crippen molar-refractivity contribution >= 4 is 5.69 Å². The third kappa shape index (κ3) is 2.88. The SMILES string of the molecule is CCOC1CC(Nc2cccc(-n3cnnn3)c2)C1OC. The summed E-state index contributed by atoms with van der Waals surface area (Å²) in [6.07, 6.45) is 2.79. The molecule has 3 rings (SSSR count). The van der Waals surface area contributed by atoms with Crippen LogP contribution >= 0.6 is 0 Å². The first kappa shape index (κ1) is 14.0. The Labute approximate surface area is 123 Å². The molecule has 0 radical (unpaired) electrons. The number of tetrazole rings is 1. The summed E-state index contributed by atoms with van der Waals surface area (Å²) in [5.74, 6) is 0. The predicted molar refractivity (Wildman–Crippen MR) is 77.4 cm³/mol. The molecule has 0 spiro atoms. The van der Waals surface area contributed by atoms with Crippen molar-refractivity contribution in [2.45, 2.75) is 31.6 Å². The number of methoxy groups -OCH3 is 1. The van der Waals surface area contributed by atoms with Gasteiger partial charge in [-0.05, 0) is 42.0 Å². The fraction of sp³-hybridized carbons (Fsp3) is 0.500. The highest BCUT2D eigenvalue weighted by molar-refractivity contribution is 5.52. The van der Waals surface area contributed by atoms with Gasteiger partial charge in [0, 0.05) is 19.4 Å². The molecule has 1 aromatic carbocycles. The zero-order valence-electron chi connectivity index (χ0n) is 12.1. The molecule has 7 heteroatoms. The lowest BCUT2D eigenvalue weighted by atomic mass is 9.85. The molecule has 0 amide bonds. The van der Waals surface area contributed by atoms with E-state index < -0.39 is 0 Å². The highest BCUT2D eigenvalue weighted by Gasteiger charge is 2.42. The number of anilines is 1. The highest BCUT2D eigenvalue weighted by Crippen LogP contribution is 2.30. The standard InChI is InChI=1S/C14H19N5O2/c1-3-21-13-8-12(14(13)20-2)16-10-5-4-6-11(7-10)19-9-15-17-18-19/h4-7,9,12-14,16H,3,8H2,1-2H3. The maximum Gasteiger partial charge on any atom is 0.143 e. The molecule has 1 aromatic heterocycles. The number of nitrogens with zero attached hydrogens (tertiary/aromatic N) is 4. The fourth-order valence-corrected chi connectivity index (χ4v) is 2.65. The van der Waals surface area contributed by atoms with E-state index in [1.165, 1.54) is 0 Å². The van der Waals surface area contributed by atoms with Crippen LogP contribution in [0.3, 0.4) is 0 Å². The second kappa shape index (κ2) is 6.19. The Hall–Kier alpha value is -1.99. The van der Waals surface area contributed by atoms with Crippen LogP contribution in [0.15, 0.2) is 30.6 Å². The van der Waals surface area contributed by atoms with E-state index in [1.807, 2.05) is 31.2 Å². The predicted octanol–water partition coefficient (Wildman–Crippen LogP) is 1.27. The first-order valence-electron chi connectivity index (χ1n) is 7.06. The van der Waals surface area contributed by atoms with Gasteiger partial charge in [0.25, 0.3) is 0 Å². The molecule has 3 unspecified atom stereocenters. The normalized spacial score (nSPS) is 24.6. The molecule has 1 aliphatic rings. The number of ether oxygens (including phenoxy) is 2. The molecule has 0 aliphatic heterocycles. The molecule has 2 aromatic rings. The first-order chi connectivity index (χ1) is 10.3. The summed E-state index contributed by atoms with van der Waals surface area (Å²) in [6, 6.07) is 8.22. The van der Waals surface area contributed by atoms with Crippen molar-refractivity contribution in [3.05, 3.63) is 30.6 Å². The largest absolute Gasteiger partial charge is 0.379 e. The number of aromatic nitrogens is 4. The lowest BCUT2D eigenvalue weighted by molar-refractivity contribution is -0.118. The van der Waals surface area contributed by atoms with Crippen molar-refractivity contribution in [3.8, 4) is 5.69 Å². The molecule has 112 valence electrons. The average molecular weight is 289 g/mol. The molecule has 1 heterocycles. The lowest BCUT2D eigenvalue weighted by Gasteiger charge is -2.43. The number of hydrogen-bond donors (Lipinski definition) is 1. The fourth-order valence-electron chi connectivity index (χ4n) is 2.65. The van der Waals surface area contributed by atoms with Gasteiger partial charge in [-0.15, -0.1) is 5.10 Å². The Morgan fingerprint density at radius 3 is 3.05 bits per heavy atom. The van der Waals surface area contributed by atoms with Crippen LogP contribution in [0.25, 0.3) is 5.69 Å². The van der Waals surface area contributed by atoms with E-state index in [4.69, 9.17) is 9.47 Å². The number of hydrogen-bond acceptors (Lipinski definition) is 6. The second-order valence-electron chi connectivity index (χ2n) is 4.99. The maximum atomic E-state index is 5.64. The molecular weight excluding hydrogens is 270 g/mol. The van der Waals surface area contributed by atoms with Crippen LogP contribution in [0.5, 0.6) is 0 Å². The molecule has 1 N–H and O–H groups in total. The van der Waals surface area contributed by atoms with E-state index in [9.17, 15) is 0 Å². The molecule has 0 bridgehead atoms. The van der Waals surface area contributed by atoms with Crippen molar-refractivity contribution in [1.29, 1.82) is 0 Å². The number of rotatable bonds is 6. The minimum atomic E-state index is 0.0849. The van der Waals surface area contributed by atoms with Gasteiger partial charge in [-0.2, -0.15) is 0 Å². The van der Waals surface area contributed by atoms with Gasteiger partial charge in [-0.1, -0.05) is 6.07 Å². The zero-order valence-corrected chi connectivity index (χ0v) is 12.1. The van der Waals surface area contributed by atoms with Crippen LogP contribution in [0, 0.1) is 0 Å². The summed E-state index contributed by atoms with van der Waals surface area (Å²) in [4.78, 5) is 0. The summed E-state index contributed by atoms with van der Waals surface area (Å²) >= 11 is 0. The maximum absolute atomic E-state index is 5.64. The van der Waals surface area contributed by atoms with Crippen LogP contribution in [0.2, 0.25) is 0 Å². The van der Waals surface area contributed by atoms with Gasteiger partial charge in [0.15, 0.2) is 0 Å². The van der Waals surface area contributed by atoms with Gasteiger partial charge < -0.3 is 14.8 Å². The van der Waals surface area contributed by atoms with E-state index in [-0.39, 0.29) is 18.2 Å². The van der Waals surface area contributed by atoms with Crippen molar-refractivity contribution in [2.24, 2.45) is 0 Å². The van der Waals surface area contributed by atoms with Crippen molar-refractivity contribution < 1.29 is 9.47 Å². The smallest absolute Gasteiger partial charge is 0.143 e. The van der Waals surface area contributed by atoms with E-state index in [0.29, 0.717) is 6.61 Å². The zero-order chi connectivity index (χ0) is 14.7. The summed E-state index contributed by atoms with van der Waals surface area (Å²) in [5.41, 5.74) is 1.93. The minimum absolute atomic E-state index is 0.0849. The van der Waals surface area contributed by atoms with Crippen LogP contribution in [0.4, 0.5) is 5.69 Å². The first-order valence-corrected chi connectivity index (χ1v) is 7.06. The Bertz CT molecular complexity index is 575. The second-order valence-corrected chi connectivity index (χ2v) is 4.99. The molecule has 1 saturated carbocycles. The van der Waals surface area contributed by atoms with Gasteiger partial charge in [0.1, 0.15) is 12.4 Å². The number of benzene rings is 1. The number of nitrogens with one attached hydrogen (secondary N) is 1. The minimum Gasteiger partial charge on any atom is -0.379 e. The Kier molecular flexibility index (Phi) is 4.12. The Morgan fingerprint density at radius 1 is 1.43 bits per heavy atom. The molecular formula is C14H19N5O2. The molecule has 21 heavy (non-hydrogen) atoms. The van der Waals surface area contributed by atoms with Crippen molar-refractivity contribution in [2.75, 3.05) is 19.0 Å². The Morgan fingerprint density at radius 2 is 2.33 bits per heavy atom. The molecule has 3 atom stereocenters. The topological polar surface area (TPSA) is 74.1 Å². The summed E-state index contributed by atoms with van der Waals surface area (Å²) in [7, 11) is 1.72. The van der Waals surface area contributed by atoms with Gasteiger partial charge >= 0.3 is 0 Å². The van der Waals surface area contributed by atoms with Crippen LogP contribution < -0.4 is 5.32 Å². The summed E-state index contributed by atoms with van der Waals surface area (Å²) in [5, 5.41) is 14.7. The van der Waals surface area contributed by atoms with Gasteiger partial charge in [0.2, 0.25) is 0 Å². The van der Waals surface area contributed by atoms with E-state index in [1.54, 1.807) is 18.1 Å². The van der Waals surface area contributed by atoms with E-state index in [2.05, 4.69) is 20.8 Å². The summed E-state index contributed by atoms with van der Waals surface area (Å²) in [6.45, 7) is 2.72. The van der Waals surface area contributed by atoms with Crippen LogP contribution in [-0.4, -0.2) is 52.2 Å². The van der Waals surface area contributed by atoms with Crippen molar-refractivity contribution in [1.82, 2.24) is 20.2 Å². The molecule has 0 saturated heterocycles. The average Bonchev–Trinajstić information content (AvgIpc) is 3.01. The van der Waals surface area contributed by atoms with E-state index >= 15 is 0 Å². The quantitative estimate of drug-likeness (QED) is 0.863. The van der Waals surface area contributed by atoms with Gasteiger partial charge in [-0.25, -0.2) is 4.68 Å². The monoisotopic (exact) mass is 289 g/mol. The molecule has 7 nitrogen and oxygen atoms in total. The van der Waals surface area contributed by atoms with Crippen molar-refractivity contribution in [3.63, 3.8) is 0 Å². The van der Waals surface area contributed by atoms with E-state index in [0.717, 1.165) is 17.8 Å². The molecule has 1 fully saturated rings. The third-order valence-electron chi connectivity index (χ3n) is 3.71. The summed E-state index contributed by atoms with van der Waals surface area (Å²) < 4.78 is 12.8. The lowest BCUT2D eigenvalue weighted by Crippen LogP contribution is -2.56. The molecule has 1 aliphatic carbocycles.